The molecule has 45 heavy (non-hydrogen) atoms. The smallest absolute Gasteiger partial charge is 0.256 e. The minimum Gasteiger partial charge on any atom is -0.478 e. The van der Waals surface area contributed by atoms with Crippen LogP contribution >= 0.6 is 0 Å². The van der Waals surface area contributed by atoms with Crippen LogP contribution in [0.3, 0.4) is 0 Å². The van der Waals surface area contributed by atoms with Crippen molar-refractivity contribution in [3.05, 3.63) is 82.9 Å². The summed E-state index contributed by atoms with van der Waals surface area (Å²) in [6, 6.07) is 17.5. The molecular weight excluding hydrogens is 570 g/mol. The van der Waals surface area contributed by atoms with Crippen LogP contribution in [-0.4, -0.2) is 58.1 Å². The SMILES string of the molecule is Cc1cc2nc3nc(ccc13)NC(=O)c1cccc(c1)C(=O)Nc1ccc3c(C)cc(nc3n1)OCCCCNCCCCO2. The van der Waals surface area contributed by atoms with Crippen LogP contribution in [-0.2, 0) is 0 Å². The third-order valence-electron chi connectivity index (χ3n) is 7.58. The number of hydrogen-bond acceptors (Lipinski definition) is 9. The minimum absolute atomic E-state index is 0.305. The number of anilines is 2. The topological polar surface area (TPSA) is 140 Å². The number of aromatic nitrogens is 4. The number of rotatable bonds is 0. The first-order valence-electron chi connectivity index (χ1n) is 15.2. The lowest BCUT2D eigenvalue weighted by Gasteiger charge is -2.11. The molecule has 230 valence electrons. The van der Waals surface area contributed by atoms with Gasteiger partial charge >= 0.3 is 0 Å². The van der Waals surface area contributed by atoms with Gasteiger partial charge in [-0.2, -0.15) is 9.97 Å². The molecule has 5 heterocycles. The third-order valence-corrected chi connectivity index (χ3v) is 7.58. The van der Waals surface area contributed by atoms with Gasteiger partial charge in [-0.25, -0.2) is 9.97 Å². The number of nitrogens with zero attached hydrogens (tertiary/aromatic N) is 4. The average Bonchev–Trinajstić information content (AvgIpc) is 3.03. The largest absolute Gasteiger partial charge is 0.478 e. The highest BCUT2D eigenvalue weighted by molar-refractivity contribution is 6.08. The van der Waals surface area contributed by atoms with Crippen molar-refractivity contribution in [2.45, 2.75) is 39.5 Å². The van der Waals surface area contributed by atoms with Crippen molar-refractivity contribution >= 4 is 45.5 Å². The number of benzene rings is 1. The molecule has 8 bridgehead atoms. The summed E-state index contributed by atoms with van der Waals surface area (Å²) in [6.07, 6.45) is 3.74. The van der Waals surface area contributed by atoms with Gasteiger partial charge in [0.15, 0.2) is 11.3 Å². The van der Waals surface area contributed by atoms with E-state index in [1.54, 1.807) is 30.3 Å². The second kappa shape index (κ2) is 13.6. The minimum atomic E-state index is -0.404. The van der Waals surface area contributed by atoms with Gasteiger partial charge in [0.05, 0.1) is 13.2 Å². The fourth-order valence-electron chi connectivity index (χ4n) is 5.13. The predicted molar refractivity (Wildman–Crippen MR) is 173 cm³/mol. The number of nitrogens with one attached hydrogen (secondary N) is 3. The molecule has 0 saturated carbocycles. The van der Waals surface area contributed by atoms with E-state index in [2.05, 4.69) is 35.9 Å². The first kappa shape index (κ1) is 29.9. The molecule has 11 nitrogen and oxygen atoms in total. The molecule has 2 amide bonds. The molecule has 6 rings (SSSR count). The average molecular weight is 606 g/mol. The number of carbonyl (C=O) groups is 2. The van der Waals surface area contributed by atoms with E-state index in [0.29, 0.717) is 59.0 Å². The lowest BCUT2D eigenvalue weighted by atomic mass is 10.1. The third kappa shape index (κ3) is 7.32. The monoisotopic (exact) mass is 605 g/mol. The highest BCUT2D eigenvalue weighted by atomic mass is 16.5. The van der Waals surface area contributed by atoms with Gasteiger partial charge in [-0.1, -0.05) is 6.07 Å². The standard InChI is InChI=1S/C34H35N7O4/c1-21-18-29-40-31-25(21)10-12-27(36-31)38-33(42)23-8-7-9-24(20-23)34(43)39-28-13-11-26-22(2)19-30(41-32(26)37-28)45-17-6-4-15-35-14-3-5-16-44-29/h7-13,18-20,35H,3-6,14-17H2,1-2H3,(H,36,38,40,42)(H,37,39,41,43). The summed E-state index contributed by atoms with van der Waals surface area (Å²) < 4.78 is 11.9. The molecule has 1 aromatic carbocycles. The van der Waals surface area contributed by atoms with Crippen LogP contribution in [0.1, 0.15) is 57.5 Å². The van der Waals surface area contributed by atoms with Crippen LogP contribution in [0.15, 0.2) is 60.7 Å². The van der Waals surface area contributed by atoms with Crippen LogP contribution in [0, 0.1) is 13.8 Å². The van der Waals surface area contributed by atoms with Crippen molar-refractivity contribution in [1.82, 2.24) is 25.3 Å². The molecule has 0 radical (unpaired) electrons. The molecule has 3 N–H and O–H groups in total. The van der Waals surface area contributed by atoms with Gasteiger partial charge in [0.2, 0.25) is 11.8 Å². The number of aryl methyl sites for hydroxylation is 2. The molecule has 5 aromatic rings. The molecule has 11 heteroatoms. The number of hydrogen-bond donors (Lipinski definition) is 3. The fourth-order valence-corrected chi connectivity index (χ4v) is 5.13. The number of amides is 2. The van der Waals surface area contributed by atoms with Crippen LogP contribution in [0.25, 0.3) is 22.1 Å². The normalized spacial score (nSPS) is 15.3. The van der Waals surface area contributed by atoms with E-state index in [9.17, 15) is 9.59 Å². The van der Waals surface area contributed by atoms with Gasteiger partial charge in [0.1, 0.15) is 11.6 Å². The van der Waals surface area contributed by atoms with Gasteiger partial charge in [-0.15, -0.1) is 0 Å². The van der Waals surface area contributed by atoms with Crippen LogP contribution in [0.4, 0.5) is 11.6 Å². The summed E-state index contributed by atoms with van der Waals surface area (Å²) in [6.45, 7) is 6.85. The van der Waals surface area contributed by atoms with Crippen molar-refractivity contribution in [2.24, 2.45) is 0 Å². The maximum atomic E-state index is 13.2. The Hall–Kier alpha value is -5.16. The summed E-state index contributed by atoms with van der Waals surface area (Å²) in [7, 11) is 0. The Morgan fingerprint density at radius 1 is 0.600 bits per heavy atom. The maximum absolute atomic E-state index is 13.2. The zero-order valence-corrected chi connectivity index (χ0v) is 25.4. The van der Waals surface area contributed by atoms with E-state index in [0.717, 1.165) is 60.7 Å². The van der Waals surface area contributed by atoms with Crippen molar-refractivity contribution < 1.29 is 19.1 Å². The molecule has 0 atom stereocenters. The molecule has 4 aromatic heterocycles. The van der Waals surface area contributed by atoms with Gasteiger partial charge in [-0.3, -0.25) is 9.59 Å². The molecular formula is C34H35N7O4. The predicted octanol–water partition coefficient (Wildman–Crippen LogP) is 5.62. The van der Waals surface area contributed by atoms with Crippen molar-refractivity contribution in [2.75, 3.05) is 36.9 Å². The Bertz CT molecular complexity index is 1750. The summed E-state index contributed by atoms with van der Waals surface area (Å²) in [5.74, 6) is 0.880. The second-order valence-corrected chi connectivity index (χ2v) is 11.0. The quantitative estimate of drug-likeness (QED) is 0.205. The molecule has 0 fully saturated rings. The van der Waals surface area contributed by atoms with Crippen LogP contribution < -0.4 is 25.4 Å². The first-order chi connectivity index (χ1) is 21.9. The van der Waals surface area contributed by atoms with Crippen molar-refractivity contribution in [3.63, 3.8) is 0 Å². The maximum Gasteiger partial charge on any atom is 0.256 e. The summed E-state index contributed by atoms with van der Waals surface area (Å²) in [4.78, 5) is 44.6. The molecule has 0 spiro atoms. The Balaban J connectivity index is 1.25. The number of carbonyl (C=O) groups excluding carboxylic acids is 2. The Labute approximate surface area is 260 Å². The number of pyridine rings is 4. The van der Waals surface area contributed by atoms with E-state index >= 15 is 0 Å². The lowest BCUT2D eigenvalue weighted by molar-refractivity contribution is 0.102. The fraction of sp³-hybridized carbons (Fsp3) is 0.294. The van der Waals surface area contributed by atoms with Gasteiger partial charge in [-0.05, 0) is 106 Å². The molecule has 1 aliphatic rings. The van der Waals surface area contributed by atoms with Gasteiger partial charge in [0, 0.05) is 34.0 Å². The molecule has 0 unspecified atom stereocenters. The Kier molecular flexibility index (Phi) is 9.06. The zero-order valence-electron chi connectivity index (χ0n) is 25.4. The highest BCUT2D eigenvalue weighted by Crippen LogP contribution is 2.24. The summed E-state index contributed by atoms with van der Waals surface area (Å²) in [5.41, 5.74) is 3.54. The number of ether oxygens (including phenoxy) is 2. The van der Waals surface area contributed by atoms with E-state index in [-0.39, 0.29) is 0 Å². The van der Waals surface area contributed by atoms with E-state index in [1.807, 2.05) is 38.1 Å². The Morgan fingerprint density at radius 2 is 1.09 bits per heavy atom. The van der Waals surface area contributed by atoms with Crippen LogP contribution in [0.5, 0.6) is 11.8 Å². The van der Waals surface area contributed by atoms with Gasteiger partial charge < -0.3 is 25.4 Å². The summed E-state index contributed by atoms with van der Waals surface area (Å²) in [5, 5.41) is 10.9. The second-order valence-electron chi connectivity index (χ2n) is 11.0. The Morgan fingerprint density at radius 3 is 1.58 bits per heavy atom. The van der Waals surface area contributed by atoms with E-state index in [4.69, 9.17) is 9.47 Å². The van der Waals surface area contributed by atoms with E-state index in [1.165, 1.54) is 6.07 Å². The van der Waals surface area contributed by atoms with Crippen LogP contribution in [0.2, 0.25) is 0 Å². The molecule has 0 aliphatic carbocycles. The van der Waals surface area contributed by atoms with Crippen molar-refractivity contribution in [3.8, 4) is 11.8 Å². The molecule has 1 aliphatic heterocycles. The van der Waals surface area contributed by atoms with E-state index < -0.39 is 11.8 Å². The lowest BCUT2D eigenvalue weighted by Crippen LogP contribution is -2.18. The van der Waals surface area contributed by atoms with Gasteiger partial charge in [0.25, 0.3) is 11.8 Å². The first-order valence-corrected chi connectivity index (χ1v) is 15.2. The molecule has 0 saturated heterocycles. The van der Waals surface area contributed by atoms with Crippen molar-refractivity contribution in [1.29, 1.82) is 0 Å². The highest BCUT2D eigenvalue weighted by Gasteiger charge is 2.15. The zero-order chi connectivity index (χ0) is 31.2. The number of fused-ring (bicyclic) bond motifs is 6. The summed E-state index contributed by atoms with van der Waals surface area (Å²) >= 11 is 0.